The zero-order valence-corrected chi connectivity index (χ0v) is 14.1. The maximum Gasteiger partial charge on any atom is 0.335 e. The number of fused-ring (bicyclic) bond motifs is 1. The summed E-state index contributed by atoms with van der Waals surface area (Å²) < 4.78 is 27.7. The minimum atomic E-state index is -2.51. The Morgan fingerprint density at radius 3 is 2.62 bits per heavy atom. The topological polar surface area (TPSA) is 68.0 Å². The minimum Gasteiger partial charge on any atom is -0.478 e. The molecule has 0 saturated heterocycles. The number of carboxylic acid groups (broad SMARTS) is 1. The summed E-state index contributed by atoms with van der Waals surface area (Å²) in [7, 11) is 0. The third kappa shape index (κ3) is 2.94. The van der Waals surface area contributed by atoms with Crippen LogP contribution >= 0.6 is 0 Å². The summed E-state index contributed by atoms with van der Waals surface area (Å²) in [6.45, 7) is 1.87. The predicted octanol–water partition coefficient (Wildman–Crippen LogP) is 4.01. The van der Waals surface area contributed by atoms with Gasteiger partial charge in [-0.25, -0.2) is 23.2 Å². The lowest BCUT2D eigenvalue weighted by atomic mass is 9.78. The van der Waals surface area contributed by atoms with E-state index in [1.165, 1.54) is 12.1 Å². The van der Waals surface area contributed by atoms with Gasteiger partial charge in [-0.05, 0) is 55.2 Å². The van der Waals surface area contributed by atoms with Crippen molar-refractivity contribution in [3.8, 4) is 5.69 Å². The molecule has 3 aromatic rings. The number of aromatic carboxylic acids is 1. The first kappa shape index (κ1) is 16.6. The zero-order chi connectivity index (χ0) is 18.5. The second-order valence-corrected chi connectivity index (χ2v) is 6.90. The molecule has 0 bridgehead atoms. The molecule has 4 rings (SSSR count). The monoisotopic (exact) mass is 357 g/mol. The lowest BCUT2D eigenvalue weighted by Gasteiger charge is -2.34. The maximum absolute atomic E-state index is 13.0. The zero-order valence-electron chi connectivity index (χ0n) is 14.1. The van der Waals surface area contributed by atoms with Gasteiger partial charge in [0.1, 0.15) is 0 Å². The van der Waals surface area contributed by atoms with Gasteiger partial charge in [0, 0.05) is 24.4 Å². The molecule has 134 valence electrons. The van der Waals surface area contributed by atoms with Gasteiger partial charge >= 0.3 is 5.97 Å². The van der Waals surface area contributed by atoms with E-state index in [-0.39, 0.29) is 24.3 Å². The average Bonchev–Trinajstić information content (AvgIpc) is 2.90. The maximum atomic E-state index is 13.0. The van der Waals surface area contributed by atoms with E-state index in [4.69, 9.17) is 5.11 Å². The molecule has 0 unspecified atom stereocenters. The van der Waals surface area contributed by atoms with E-state index in [1.807, 2.05) is 13.0 Å². The Morgan fingerprint density at radius 2 is 2.00 bits per heavy atom. The van der Waals surface area contributed by atoms with Crippen molar-refractivity contribution in [1.82, 2.24) is 14.8 Å². The number of aryl methyl sites for hydroxylation is 1. The van der Waals surface area contributed by atoms with Crippen molar-refractivity contribution in [2.24, 2.45) is 5.92 Å². The lowest BCUT2D eigenvalue weighted by Crippen LogP contribution is -2.36. The van der Waals surface area contributed by atoms with Crippen LogP contribution in [-0.2, 0) is 6.42 Å². The van der Waals surface area contributed by atoms with E-state index >= 15 is 0 Å². The fraction of sp³-hybridized carbons (Fsp3) is 0.316. The fourth-order valence-electron chi connectivity index (χ4n) is 3.49. The van der Waals surface area contributed by atoms with E-state index in [2.05, 4.69) is 10.1 Å². The number of rotatable bonds is 4. The summed E-state index contributed by atoms with van der Waals surface area (Å²) in [5.41, 5.74) is 3.30. The molecule has 1 fully saturated rings. The smallest absolute Gasteiger partial charge is 0.335 e. The molecule has 1 aliphatic carbocycles. The molecule has 5 nitrogen and oxygen atoms in total. The molecule has 0 spiro atoms. The van der Waals surface area contributed by atoms with Gasteiger partial charge in [0.25, 0.3) is 0 Å². The quantitative estimate of drug-likeness (QED) is 0.766. The molecule has 1 aliphatic rings. The summed E-state index contributed by atoms with van der Waals surface area (Å²) in [5.74, 6) is -3.49. The highest BCUT2D eigenvalue weighted by Crippen LogP contribution is 2.44. The summed E-state index contributed by atoms with van der Waals surface area (Å²) in [6.07, 6.45) is 2.19. The number of carboxylic acids is 1. The van der Waals surface area contributed by atoms with Gasteiger partial charge in [-0.2, -0.15) is 5.10 Å². The molecule has 1 saturated carbocycles. The van der Waals surface area contributed by atoms with Crippen LogP contribution in [-0.4, -0.2) is 31.8 Å². The first-order valence-corrected chi connectivity index (χ1v) is 8.38. The van der Waals surface area contributed by atoms with E-state index in [1.54, 1.807) is 23.0 Å². The molecular formula is C19H17F2N3O2. The Balaban J connectivity index is 1.64. The number of halogens is 2. The third-order valence-electron chi connectivity index (χ3n) is 4.82. The molecule has 2 aromatic heterocycles. The Morgan fingerprint density at radius 1 is 1.31 bits per heavy atom. The molecule has 2 heterocycles. The predicted molar refractivity (Wildman–Crippen MR) is 91.9 cm³/mol. The number of alkyl halides is 2. The van der Waals surface area contributed by atoms with Gasteiger partial charge in [0.2, 0.25) is 5.92 Å². The highest BCUT2D eigenvalue weighted by Gasteiger charge is 2.44. The highest BCUT2D eigenvalue weighted by molar-refractivity contribution is 5.88. The molecular weight excluding hydrogens is 340 g/mol. The SMILES string of the molecule is Cc1nn(-c2ccc(C(=O)O)cc2)c2ncc(CC3CC(F)(F)C3)cc12. The Bertz CT molecular complexity index is 988. The van der Waals surface area contributed by atoms with Crippen LogP contribution in [0.3, 0.4) is 0 Å². The number of nitrogens with zero attached hydrogens (tertiary/aromatic N) is 3. The van der Waals surface area contributed by atoms with Gasteiger partial charge in [-0.15, -0.1) is 0 Å². The van der Waals surface area contributed by atoms with E-state index < -0.39 is 11.9 Å². The summed E-state index contributed by atoms with van der Waals surface area (Å²) in [6, 6.07) is 8.36. The van der Waals surface area contributed by atoms with Gasteiger partial charge in [0.05, 0.1) is 16.9 Å². The summed E-state index contributed by atoms with van der Waals surface area (Å²) in [4.78, 5) is 15.5. The average molecular weight is 357 g/mol. The highest BCUT2D eigenvalue weighted by atomic mass is 19.3. The Hall–Kier alpha value is -2.83. The van der Waals surface area contributed by atoms with Gasteiger partial charge in [-0.3, -0.25) is 0 Å². The van der Waals surface area contributed by atoms with Crippen molar-refractivity contribution in [1.29, 1.82) is 0 Å². The van der Waals surface area contributed by atoms with Gasteiger partial charge < -0.3 is 5.11 Å². The van der Waals surface area contributed by atoms with Crippen LogP contribution in [0.25, 0.3) is 16.7 Å². The van der Waals surface area contributed by atoms with Gasteiger partial charge in [-0.1, -0.05) is 0 Å². The van der Waals surface area contributed by atoms with Crippen molar-refractivity contribution < 1.29 is 18.7 Å². The lowest BCUT2D eigenvalue weighted by molar-refractivity contribution is -0.109. The fourth-order valence-corrected chi connectivity index (χ4v) is 3.49. The van der Waals surface area contributed by atoms with Crippen molar-refractivity contribution in [2.45, 2.75) is 32.1 Å². The molecule has 0 radical (unpaired) electrons. The summed E-state index contributed by atoms with van der Waals surface area (Å²) >= 11 is 0. The van der Waals surface area contributed by atoms with Crippen LogP contribution in [0.5, 0.6) is 0 Å². The van der Waals surface area contributed by atoms with Crippen LogP contribution in [0.1, 0.15) is 34.5 Å². The largest absolute Gasteiger partial charge is 0.478 e. The first-order chi connectivity index (χ1) is 12.3. The molecule has 26 heavy (non-hydrogen) atoms. The summed E-state index contributed by atoms with van der Waals surface area (Å²) in [5, 5.41) is 14.4. The Kier molecular flexibility index (Phi) is 3.75. The van der Waals surface area contributed by atoms with Crippen LogP contribution in [0.15, 0.2) is 36.5 Å². The second kappa shape index (κ2) is 5.86. The molecule has 1 N–H and O–H groups in total. The molecule has 0 aliphatic heterocycles. The van der Waals surface area contributed by atoms with Crippen LogP contribution < -0.4 is 0 Å². The third-order valence-corrected chi connectivity index (χ3v) is 4.82. The molecule has 7 heteroatoms. The number of carbonyl (C=O) groups is 1. The number of pyridine rings is 1. The van der Waals surface area contributed by atoms with E-state index in [9.17, 15) is 13.6 Å². The van der Waals surface area contributed by atoms with E-state index in [0.29, 0.717) is 17.8 Å². The van der Waals surface area contributed by atoms with Crippen LogP contribution in [0.4, 0.5) is 8.78 Å². The normalized spacial score (nSPS) is 16.6. The van der Waals surface area contributed by atoms with Crippen molar-refractivity contribution >= 4 is 17.0 Å². The standard InChI is InChI=1S/C19H17F2N3O2/c1-11-16-7-12(6-13-8-19(20,21)9-13)10-22-17(16)24(23-11)15-4-2-14(3-5-15)18(25)26/h2-5,7,10,13H,6,8-9H2,1H3,(H,25,26). The second-order valence-electron chi connectivity index (χ2n) is 6.90. The van der Waals surface area contributed by atoms with Crippen molar-refractivity contribution in [3.05, 3.63) is 53.3 Å². The minimum absolute atomic E-state index is 0.00293. The number of hydrogen-bond acceptors (Lipinski definition) is 3. The first-order valence-electron chi connectivity index (χ1n) is 8.38. The van der Waals surface area contributed by atoms with Crippen molar-refractivity contribution in [3.63, 3.8) is 0 Å². The molecule has 1 aromatic carbocycles. The van der Waals surface area contributed by atoms with Crippen LogP contribution in [0.2, 0.25) is 0 Å². The molecule has 0 atom stereocenters. The number of benzene rings is 1. The van der Waals surface area contributed by atoms with E-state index in [0.717, 1.165) is 16.6 Å². The number of aromatic nitrogens is 3. The van der Waals surface area contributed by atoms with Crippen LogP contribution in [0, 0.1) is 12.8 Å². The van der Waals surface area contributed by atoms with Crippen molar-refractivity contribution in [2.75, 3.05) is 0 Å². The Labute approximate surface area is 148 Å². The molecule has 0 amide bonds. The van der Waals surface area contributed by atoms with Gasteiger partial charge in [0.15, 0.2) is 5.65 Å². The number of hydrogen-bond donors (Lipinski definition) is 1.